The van der Waals surface area contributed by atoms with Gasteiger partial charge in [0.1, 0.15) is 19.3 Å². The second kappa shape index (κ2) is 14.1. The van der Waals surface area contributed by atoms with Crippen molar-refractivity contribution >= 4 is 17.5 Å². The minimum Gasteiger partial charge on any atom is -0.504 e. The van der Waals surface area contributed by atoms with Crippen LogP contribution in [-0.2, 0) is 4.79 Å². The molecule has 0 aliphatic heterocycles. The lowest BCUT2D eigenvalue weighted by Crippen LogP contribution is -2.25. The number of ether oxygens (including phenoxy) is 2. The van der Waals surface area contributed by atoms with Crippen LogP contribution in [-0.4, -0.2) is 57.3 Å². The second-order valence-electron chi connectivity index (χ2n) is 8.55. The van der Waals surface area contributed by atoms with Gasteiger partial charge in [-0.1, -0.05) is 60.7 Å². The van der Waals surface area contributed by atoms with E-state index < -0.39 is 12.1 Å². The van der Waals surface area contributed by atoms with E-state index in [4.69, 9.17) is 19.4 Å². The number of phenols is 2. The number of benzene rings is 4. The van der Waals surface area contributed by atoms with Crippen LogP contribution in [0.3, 0.4) is 0 Å². The van der Waals surface area contributed by atoms with Crippen molar-refractivity contribution in [1.82, 2.24) is 0 Å². The van der Waals surface area contributed by atoms with E-state index in [2.05, 4.69) is 0 Å². The van der Waals surface area contributed by atoms with Gasteiger partial charge in [0.05, 0.1) is 0 Å². The summed E-state index contributed by atoms with van der Waals surface area (Å²) in [5, 5.41) is 38.1. The molecule has 9 nitrogen and oxygen atoms in total. The first-order valence-electron chi connectivity index (χ1n) is 12.1. The summed E-state index contributed by atoms with van der Waals surface area (Å²) in [6, 6.07) is 26.0. The molecule has 4 aromatic rings. The van der Waals surface area contributed by atoms with Crippen LogP contribution in [0.25, 0.3) is 0 Å². The highest BCUT2D eigenvalue weighted by Gasteiger charge is 2.15. The lowest BCUT2D eigenvalue weighted by molar-refractivity contribution is -0.134. The van der Waals surface area contributed by atoms with Crippen LogP contribution in [0.2, 0.25) is 0 Å². The van der Waals surface area contributed by atoms with Gasteiger partial charge in [-0.05, 0) is 36.4 Å². The fraction of sp³-hybridized carbons (Fsp3) is 0.129. The Hall–Kier alpha value is -5.15. The zero-order chi connectivity index (χ0) is 29.1. The van der Waals surface area contributed by atoms with E-state index in [1.807, 2.05) is 12.1 Å². The van der Waals surface area contributed by atoms with Crippen LogP contribution in [0.4, 0.5) is 0 Å². The van der Waals surface area contributed by atoms with Gasteiger partial charge >= 0.3 is 0 Å². The van der Waals surface area contributed by atoms with Gasteiger partial charge in [0, 0.05) is 29.2 Å². The number of aliphatic carboxylic acids is 1. The Balaban J connectivity index is 0.00000103. The SMILES string of the molecule is CC(=O)O.O=C(c1ccccc1)c1ccc(OCC(O)COc2ccc(C(=O)c3ccccc3)cc2O)c(O)c1. The van der Waals surface area contributed by atoms with Gasteiger partial charge in [-0.25, -0.2) is 0 Å². The highest BCUT2D eigenvalue weighted by atomic mass is 16.5. The van der Waals surface area contributed by atoms with Crippen molar-refractivity contribution in [2.24, 2.45) is 0 Å². The number of carbonyl (C=O) groups excluding carboxylic acids is 2. The Bertz CT molecular complexity index is 1340. The summed E-state index contributed by atoms with van der Waals surface area (Å²) < 4.78 is 10.9. The normalized spacial score (nSPS) is 10.3. The average Bonchev–Trinajstić information content (AvgIpc) is 2.95. The molecule has 40 heavy (non-hydrogen) atoms. The van der Waals surface area contributed by atoms with Gasteiger partial charge in [0.15, 0.2) is 34.6 Å². The van der Waals surface area contributed by atoms with Crippen molar-refractivity contribution in [2.75, 3.05) is 13.2 Å². The predicted molar refractivity (Wildman–Crippen MR) is 146 cm³/mol. The summed E-state index contributed by atoms with van der Waals surface area (Å²) in [5.74, 6) is -1.57. The summed E-state index contributed by atoms with van der Waals surface area (Å²) in [6.45, 7) is 0.676. The Morgan fingerprint density at radius 3 is 1.30 bits per heavy atom. The Morgan fingerprint density at radius 2 is 0.975 bits per heavy atom. The second-order valence-corrected chi connectivity index (χ2v) is 8.55. The fourth-order valence-corrected chi connectivity index (χ4v) is 3.49. The number of carbonyl (C=O) groups is 3. The summed E-state index contributed by atoms with van der Waals surface area (Å²) in [6.07, 6.45) is -1.08. The Kier molecular flexibility index (Phi) is 10.4. The minimum atomic E-state index is -1.08. The summed E-state index contributed by atoms with van der Waals surface area (Å²) >= 11 is 0. The minimum absolute atomic E-state index is 0.102. The highest BCUT2D eigenvalue weighted by molar-refractivity contribution is 6.09. The van der Waals surface area contributed by atoms with Crippen molar-refractivity contribution in [3.05, 3.63) is 119 Å². The van der Waals surface area contributed by atoms with Crippen LogP contribution >= 0.6 is 0 Å². The molecule has 0 saturated carbocycles. The van der Waals surface area contributed by atoms with Crippen LogP contribution in [0.5, 0.6) is 23.0 Å². The number of aliphatic hydroxyl groups excluding tert-OH is 1. The number of aliphatic hydroxyl groups is 1. The molecule has 0 unspecified atom stereocenters. The molecule has 0 fully saturated rings. The molecule has 0 saturated heterocycles. The van der Waals surface area contributed by atoms with E-state index in [0.717, 1.165) is 6.92 Å². The third kappa shape index (κ3) is 8.44. The standard InChI is InChI=1S/C29H24O7.C2H4O2/c30-23(17-35-26-13-11-21(15-24(26)31)28(33)19-7-3-1-4-8-19)18-36-27-14-12-22(16-25(27)32)29(34)20-9-5-2-6-10-20;1-2(3)4/h1-16,23,30-32H,17-18H2;1H3,(H,3,4). The van der Waals surface area contributed by atoms with Gasteiger partial charge in [-0.15, -0.1) is 0 Å². The number of carboxylic acid groups (broad SMARTS) is 1. The zero-order valence-corrected chi connectivity index (χ0v) is 21.6. The maximum absolute atomic E-state index is 12.5. The molecule has 0 spiro atoms. The van der Waals surface area contributed by atoms with Crippen molar-refractivity contribution in [1.29, 1.82) is 0 Å². The summed E-state index contributed by atoms with van der Waals surface area (Å²) in [5.41, 5.74) is 1.61. The van der Waals surface area contributed by atoms with Gasteiger partial charge in [-0.3, -0.25) is 14.4 Å². The van der Waals surface area contributed by atoms with Crippen molar-refractivity contribution in [3.8, 4) is 23.0 Å². The molecule has 0 atom stereocenters. The first-order valence-corrected chi connectivity index (χ1v) is 12.1. The number of rotatable bonds is 10. The third-order valence-electron chi connectivity index (χ3n) is 5.38. The molecule has 0 aliphatic carbocycles. The summed E-state index contributed by atoms with van der Waals surface area (Å²) in [4.78, 5) is 34.0. The average molecular weight is 545 g/mol. The van der Waals surface area contributed by atoms with E-state index in [-0.39, 0.29) is 47.8 Å². The summed E-state index contributed by atoms with van der Waals surface area (Å²) in [7, 11) is 0. The molecule has 0 aliphatic rings. The zero-order valence-electron chi connectivity index (χ0n) is 21.6. The molecule has 4 aromatic carbocycles. The first kappa shape index (κ1) is 29.4. The molecule has 0 amide bonds. The maximum Gasteiger partial charge on any atom is 0.300 e. The van der Waals surface area contributed by atoms with E-state index in [1.54, 1.807) is 48.5 Å². The topological polar surface area (TPSA) is 151 Å². The van der Waals surface area contributed by atoms with Crippen molar-refractivity contribution < 1.29 is 44.3 Å². The molecule has 0 aromatic heterocycles. The Morgan fingerprint density at radius 1 is 0.625 bits per heavy atom. The monoisotopic (exact) mass is 544 g/mol. The van der Waals surface area contributed by atoms with E-state index >= 15 is 0 Å². The Labute approximate surface area is 230 Å². The number of phenolic OH excluding ortho intramolecular Hbond substituents is 2. The number of carboxylic acids is 1. The van der Waals surface area contributed by atoms with E-state index in [9.17, 15) is 24.9 Å². The molecule has 9 heteroatoms. The molecule has 0 radical (unpaired) electrons. The molecule has 4 rings (SSSR count). The molecule has 206 valence electrons. The van der Waals surface area contributed by atoms with Crippen molar-refractivity contribution in [2.45, 2.75) is 13.0 Å². The van der Waals surface area contributed by atoms with Gasteiger partial charge in [0.2, 0.25) is 0 Å². The lowest BCUT2D eigenvalue weighted by Gasteiger charge is -2.15. The smallest absolute Gasteiger partial charge is 0.300 e. The largest absolute Gasteiger partial charge is 0.504 e. The number of aromatic hydroxyl groups is 2. The van der Waals surface area contributed by atoms with E-state index in [0.29, 0.717) is 22.3 Å². The lowest BCUT2D eigenvalue weighted by atomic mass is 10.0. The van der Waals surface area contributed by atoms with Gasteiger partial charge in [0.25, 0.3) is 5.97 Å². The quantitative estimate of drug-likeness (QED) is 0.212. The third-order valence-corrected chi connectivity index (χ3v) is 5.38. The maximum atomic E-state index is 12.5. The predicted octanol–water partition coefficient (Wildman–Crippen LogP) is 4.47. The van der Waals surface area contributed by atoms with Crippen LogP contribution in [0.15, 0.2) is 97.1 Å². The fourth-order valence-electron chi connectivity index (χ4n) is 3.49. The van der Waals surface area contributed by atoms with E-state index in [1.165, 1.54) is 36.4 Å². The molecular weight excluding hydrogens is 516 g/mol. The number of hydrogen-bond acceptors (Lipinski definition) is 8. The molecule has 4 N–H and O–H groups in total. The molecule has 0 bridgehead atoms. The van der Waals surface area contributed by atoms with Crippen LogP contribution < -0.4 is 9.47 Å². The van der Waals surface area contributed by atoms with Crippen LogP contribution in [0.1, 0.15) is 38.8 Å². The first-order chi connectivity index (χ1) is 19.2. The number of ketones is 2. The van der Waals surface area contributed by atoms with Gasteiger partial charge < -0.3 is 29.9 Å². The molecule has 0 heterocycles. The molecular formula is C31H28O9. The van der Waals surface area contributed by atoms with Crippen LogP contribution in [0, 0.1) is 0 Å². The van der Waals surface area contributed by atoms with Crippen molar-refractivity contribution in [3.63, 3.8) is 0 Å². The highest BCUT2D eigenvalue weighted by Crippen LogP contribution is 2.29. The van der Waals surface area contributed by atoms with Gasteiger partial charge in [-0.2, -0.15) is 0 Å². The number of hydrogen-bond donors (Lipinski definition) is 4.